The van der Waals surface area contributed by atoms with Crippen molar-refractivity contribution in [3.05, 3.63) is 0 Å². The quantitative estimate of drug-likeness (QED) is 0.501. The van der Waals surface area contributed by atoms with E-state index in [0.29, 0.717) is 12.8 Å². The molecule has 4 heteroatoms. The number of hydrogen-bond donors (Lipinski definition) is 0. The number of ether oxygens (including phenoxy) is 2. The van der Waals surface area contributed by atoms with Gasteiger partial charge >= 0.3 is 11.9 Å². The Morgan fingerprint density at radius 2 is 1.20 bits per heavy atom. The van der Waals surface area contributed by atoms with Crippen LogP contribution in [-0.4, -0.2) is 25.2 Å². The lowest BCUT2D eigenvalue weighted by atomic mass is 9.63. The Morgan fingerprint density at radius 1 is 0.867 bits per heavy atom. The third kappa shape index (κ3) is 2.94. The summed E-state index contributed by atoms with van der Waals surface area (Å²) in [6.45, 7) is 7.58. The molecule has 0 saturated carbocycles. The van der Waals surface area contributed by atoms with Crippen LogP contribution in [0.3, 0.4) is 0 Å². The van der Waals surface area contributed by atoms with Crippen molar-refractivity contribution in [1.82, 2.24) is 0 Å². The van der Waals surface area contributed by atoms with Gasteiger partial charge in [-0.15, -0.1) is 0 Å². The van der Waals surface area contributed by atoms with E-state index < -0.39 is 17.4 Å². The zero-order valence-electron chi connectivity index (χ0n) is 9.96. The molecule has 0 aliphatic rings. The van der Waals surface area contributed by atoms with E-state index in [9.17, 15) is 9.59 Å². The van der Waals surface area contributed by atoms with Gasteiger partial charge in [0.25, 0.3) is 0 Å². The minimum Gasteiger partial charge on any atom is -0.465 e. The Balaban J connectivity index is 4.86. The number of carbonyl (C=O) groups excluding carboxylic acids is 2. The molecule has 0 aromatic heterocycles. The second-order valence-electron chi connectivity index (χ2n) is 3.23. The Hall–Kier alpha value is -1.06. The Morgan fingerprint density at radius 3 is 1.40 bits per heavy atom. The van der Waals surface area contributed by atoms with Crippen molar-refractivity contribution in [2.75, 3.05) is 13.2 Å². The van der Waals surface area contributed by atoms with Crippen molar-refractivity contribution in [3.63, 3.8) is 0 Å². The minimum atomic E-state index is -1.12. The van der Waals surface area contributed by atoms with Crippen LogP contribution >= 0.6 is 0 Å². The van der Waals surface area contributed by atoms with E-state index in [2.05, 4.69) is 0 Å². The molecule has 0 rings (SSSR count). The van der Waals surface area contributed by atoms with Gasteiger partial charge in [-0.3, -0.25) is 9.59 Å². The van der Waals surface area contributed by atoms with E-state index in [1.54, 1.807) is 27.7 Å². The summed E-state index contributed by atoms with van der Waals surface area (Å²) in [5.41, 5.74) is -1.12. The summed E-state index contributed by atoms with van der Waals surface area (Å²) in [4.78, 5) is 23.4. The van der Waals surface area contributed by atoms with Gasteiger partial charge in [0.15, 0.2) is 5.41 Å². The van der Waals surface area contributed by atoms with Crippen LogP contribution in [0, 0.1) is 5.41 Å². The molecular weight excluding hydrogens is 195 g/mol. The van der Waals surface area contributed by atoms with Crippen molar-refractivity contribution in [2.24, 2.45) is 5.41 Å². The molecule has 0 fully saturated rings. The molecule has 0 aliphatic carbocycles. The van der Waals surface area contributed by atoms with E-state index in [-0.39, 0.29) is 13.2 Å². The summed E-state index contributed by atoms with van der Waals surface area (Å²) < 4.78 is 9.83. The molecule has 0 aliphatic heterocycles. The second kappa shape index (κ2) is 6.43. The van der Waals surface area contributed by atoms with E-state index in [1.165, 1.54) is 0 Å². The van der Waals surface area contributed by atoms with Gasteiger partial charge in [-0.05, 0) is 26.7 Å². The average Bonchev–Trinajstić information content (AvgIpc) is 2.21. The van der Waals surface area contributed by atoms with Gasteiger partial charge in [0.2, 0.25) is 0 Å². The highest BCUT2D eigenvalue weighted by atomic mass is 16.5. The van der Waals surface area contributed by atoms with Crippen LogP contribution < -0.4 is 0 Å². The molecule has 0 N–H and O–H groups in total. The van der Waals surface area contributed by atoms with Gasteiger partial charge in [-0.1, -0.05) is 13.8 Å². The van der Waals surface area contributed by atoms with Crippen molar-refractivity contribution < 1.29 is 19.1 Å². The highest BCUT2D eigenvalue weighted by molar-refractivity contribution is 5.99. The third-order valence-corrected chi connectivity index (χ3v) is 2.54. The molecule has 4 nitrogen and oxygen atoms in total. The average molecular weight is 215 g/mol. The van der Waals surface area contributed by atoms with Gasteiger partial charge in [-0.2, -0.15) is 0 Å². The zero-order chi connectivity index (χ0) is 11.9. The lowest BCUT2D eigenvalue weighted by Gasteiger charge is -2.26. The Bertz CT molecular complexity index is 199. The highest BCUT2D eigenvalue weighted by Gasteiger charge is 2.45. The number of esters is 2. The fraction of sp³-hybridized carbons (Fsp3) is 0.818. The van der Waals surface area contributed by atoms with E-state index in [0.717, 1.165) is 0 Å². The second-order valence-corrected chi connectivity index (χ2v) is 3.23. The maximum atomic E-state index is 11.7. The summed E-state index contributed by atoms with van der Waals surface area (Å²) in [6.07, 6.45) is 0.808. The summed E-state index contributed by atoms with van der Waals surface area (Å²) in [6, 6.07) is 0. The molecule has 0 saturated heterocycles. The van der Waals surface area contributed by atoms with Crippen LogP contribution in [-0.2, 0) is 19.1 Å². The number of hydrogen-bond acceptors (Lipinski definition) is 4. The van der Waals surface area contributed by atoms with Crippen LogP contribution in [0.2, 0.25) is 0 Å². The molecule has 0 amide bonds. The molecule has 0 unspecified atom stereocenters. The molecule has 0 aromatic carbocycles. The van der Waals surface area contributed by atoms with Gasteiger partial charge in [0.05, 0.1) is 13.2 Å². The van der Waals surface area contributed by atoms with Crippen molar-refractivity contribution >= 4 is 11.9 Å². The fourth-order valence-electron chi connectivity index (χ4n) is 1.45. The van der Waals surface area contributed by atoms with E-state index in [4.69, 9.17) is 9.47 Å². The zero-order valence-corrected chi connectivity index (χ0v) is 9.96. The SMILES string of the molecule is CCOC(=O)C(CC)(CC)[11C](=O)OCC. The van der Waals surface area contributed by atoms with Gasteiger partial charge < -0.3 is 9.47 Å². The lowest BCUT2D eigenvalue weighted by Crippen LogP contribution is -2.41. The summed E-state index contributed by atoms with van der Waals surface area (Å²) in [7, 11) is 0. The van der Waals surface area contributed by atoms with Crippen LogP contribution in [0.15, 0.2) is 0 Å². The standard InChI is InChI=1S/C11H20O4/c1-5-11(6-2,9(12)14-7-3)10(13)15-8-4/h5-8H2,1-4H3/i9-1. The molecule has 0 radical (unpaired) electrons. The van der Waals surface area contributed by atoms with Gasteiger partial charge in [0.1, 0.15) is 0 Å². The minimum absolute atomic E-state index is 0.278. The van der Waals surface area contributed by atoms with E-state index >= 15 is 0 Å². The third-order valence-electron chi connectivity index (χ3n) is 2.54. The lowest BCUT2D eigenvalue weighted by molar-refractivity contribution is -0.172. The first-order valence-electron chi connectivity index (χ1n) is 5.43. The molecule has 0 heterocycles. The first-order valence-corrected chi connectivity index (χ1v) is 5.43. The first kappa shape index (κ1) is 13.9. The van der Waals surface area contributed by atoms with Crippen LogP contribution in [0.1, 0.15) is 40.5 Å². The monoisotopic (exact) mass is 215 g/mol. The van der Waals surface area contributed by atoms with Gasteiger partial charge in [0, 0.05) is 0 Å². The molecule has 0 aromatic rings. The Kier molecular flexibility index (Phi) is 5.97. The van der Waals surface area contributed by atoms with Crippen LogP contribution in [0.4, 0.5) is 0 Å². The molecule has 88 valence electrons. The summed E-state index contributed by atoms with van der Waals surface area (Å²) in [5.74, 6) is -0.957. The molecule has 0 bridgehead atoms. The first-order chi connectivity index (χ1) is 7.08. The predicted molar refractivity (Wildman–Crippen MR) is 56.3 cm³/mol. The molecule has 0 atom stereocenters. The normalized spacial score (nSPS) is 10.9. The maximum Gasteiger partial charge on any atom is 0.323 e. The van der Waals surface area contributed by atoms with Crippen molar-refractivity contribution in [3.8, 4) is 0 Å². The largest absolute Gasteiger partial charge is 0.465 e. The van der Waals surface area contributed by atoms with Crippen LogP contribution in [0.5, 0.6) is 0 Å². The molecule has 0 spiro atoms. The predicted octanol–water partition coefficient (Wildman–Crippen LogP) is 1.92. The molecule has 15 heavy (non-hydrogen) atoms. The highest BCUT2D eigenvalue weighted by Crippen LogP contribution is 2.29. The van der Waals surface area contributed by atoms with Crippen molar-refractivity contribution in [2.45, 2.75) is 40.5 Å². The number of rotatable bonds is 6. The summed E-state index contributed by atoms with van der Waals surface area (Å²) in [5, 5.41) is 0. The molecular formula is C11H20O4. The fourth-order valence-corrected chi connectivity index (χ4v) is 1.45. The smallest absolute Gasteiger partial charge is 0.323 e. The van der Waals surface area contributed by atoms with Gasteiger partial charge in [-0.25, -0.2) is 0 Å². The van der Waals surface area contributed by atoms with Crippen molar-refractivity contribution in [1.29, 1.82) is 0 Å². The Labute approximate surface area is 90.9 Å². The van der Waals surface area contributed by atoms with E-state index in [1.807, 2.05) is 0 Å². The summed E-state index contributed by atoms with van der Waals surface area (Å²) >= 11 is 0. The topological polar surface area (TPSA) is 52.6 Å². The number of carbonyl (C=O) groups is 2. The maximum absolute atomic E-state index is 11.7. The van der Waals surface area contributed by atoms with Crippen LogP contribution in [0.25, 0.3) is 0 Å².